The highest BCUT2D eigenvalue weighted by molar-refractivity contribution is 6.27. The average molecular weight is 739 g/mol. The average Bonchev–Trinajstić information content (AvgIpc) is 4.04. The van der Waals surface area contributed by atoms with Crippen LogP contribution in [0, 0.1) is 22.7 Å². The summed E-state index contributed by atoms with van der Waals surface area (Å²) in [6.45, 7) is 0. The Kier molecular flexibility index (Phi) is 5.94. The van der Waals surface area contributed by atoms with Crippen molar-refractivity contribution in [2.24, 2.45) is 0 Å². The molecule has 9 aromatic carbocycles. The van der Waals surface area contributed by atoms with E-state index in [2.05, 4.69) is 118 Å². The van der Waals surface area contributed by atoms with E-state index in [1.54, 1.807) is 0 Å². The smallest absolute Gasteiger partial charge is 0.160 e. The molecule has 0 saturated heterocycles. The topological polar surface area (TPSA) is 83.7 Å². The third kappa shape index (κ3) is 3.88. The zero-order valence-electron chi connectivity index (χ0n) is 30.6. The molecule has 0 atom stereocenters. The Morgan fingerprint density at radius 1 is 0.379 bits per heavy atom. The van der Waals surface area contributed by atoms with Gasteiger partial charge in [0.1, 0.15) is 23.3 Å². The minimum atomic E-state index is 0.420. The molecule has 0 bridgehead atoms. The SMILES string of the molecule is N#Cc1cc(-n2c3ccccc3c3ccc4c(oc5ccc6ccccc6c54)c32)c(C#N)cc1-n1c2ccccc2c2ccc3c(oc4ccc5ccccc5c43)c21. The van der Waals surface area contributed by atoms with E-state index in [0.29, 0.717) is 22.5 Å². The Labute approximate surface area is 328 Å². The molecule has 58 heavy (non-hydrogen) atoms. The number of nitriles is 2. The van der Waals surface area contributed by atoms with Crippen LogP contribution in [0.25, 0.3) is 120 Å². The number of para-hydroxylation sites is 2. The van der Waals surface area contributed by atoms with Crippen molar-refractivity contribution in [1.82, 2.24) is 9.13 Å². The third-order valence-electron chi connectivity index (χ3n) is 12.2. The highest BCUT2D eigenvalue weighted by Gasteiger charge is 2.25. The van der Waals surface area contributed by atoms with E-state index in [4.69, 9.17) is 8.83 Å². The molecule has 6 nitrogen and oxygen atoms in total. The Hall–Kier alpha value is -8.32. The highest BCUT2D eigenvalue weighted by atomic mass is 16.3. The number of rotatable bonds is 2. The second kappa shape index (κ2) is 11.1. The molecule has 13 rings (SSSR count). The van der Waals surface area contributed by atoms with E-state index >= 15 is 0 Å². The fourth-order valence-electron chi connectivity index (χ4n) is 9.73. The van der Waals surface area contributed by atoms with Crippen LogP contribution < -0.4 is 0 Å². The molecular weight excluding hydrogens is 713 g/mol. The maximum Gasteiger partial charge on any atom is 0.160 e. The molecular formula is C52H26N4O2. The summed E-state index contributed by atoms with van der Waals surface area (Å²) in [7, 11) is 0. The predicted octanol–water partition coefficient (Wildman–Crippen LogP) is 13.7. The summed E-state index contributed by atoms with van der Waals surface area (Å²) in [6, 6.07) is 58.8. The van der Waals surface area contributed by atoms with Crippen LogP contribution in [0.15, 0.2) is 167 Å². The first-order valence-corrected chi connectivity index (χ1v) is 19.2. The van der Waals surface area contributed by atoms with E-state index in [1.165, 1.54) is 0 Å². The largest absolute Gasteiger partial charge is 0.454 e. The van der Waals surface area contributed by atoms with E-state index in [1.807, 2.05) is 60.7 Å². The van der Waals surface area contributed by atoms with Gasteiger partial charge in [-0.05, 0) is 70.1 Å². The second-order valence-electron chi connectivity index (χ2n) is 15.0. The maximum absolute atomic E-state index is 11.1. The predicted molar refractivity (Wildman–Crippen MR) is 234 cm³/mol. The Bertz CT molecular complexity index is 3800. The van der Waals surface area contributed by atoms with Gasteiger partial charge in [0.15, 0.2) is 11.2 Å². The standard InChI is InChI=1S/C52H26N4O2/c53-27-31-26-44(56-42-16-8-6-14-36(42)38-20-22-40-48-34-12-4-2-10-30(34)18-24-46(48)58-52(40)50(38)56)32(28-54)25-43(31)55-41-15-7-5-13-35(41)37-19-21-39-47-33-11-3-1-9-29(33)17-23-45(47)57-51(39)49(37)55/h1-26H. The third-order valence-corrected chi connectivity index (χ3v) is 12.2. The van der Waals surface area contributed by atoms with Gasteiger partial charge in [0, 0.05) is 43.1 Å². The highest BCUT2D eigenvalue weighted by Crippen LogP contribution is 2.45. The molecule has 0 fully saturated rings. The lowest BCUT2D eigenvalue weighted by Crippen LogP contribution is -2.04. The molecule has 13 aromatic rings. The van der Waals surface area contributed by atoms with Crippen molar-refractivity contribution in [2.45, 2.75) is 0 Å². The number of fused-ring (bicyclic) bond motifs is 18. The van der Waals surface area contributed by atoms with E-state index in [9.17, 15) is 10.5 Å². The lowest BCUT2D eigenvalue weighted by Gasteiger charge is -2.15. The minimum absolute atomic E-state index is 0.420. The summed E-state index contributed by atoms with van der Waals surface area (Å²) in [5.74, 6) is 0. The van der Waals surface area contributed by atoms with Crippen molar-refractivity contribution in [3.8, 4) is 23.5 Å². The molecule has 0 radical (unpaired) electrons. The summed E-state index contributed by atoms with van der Waals surface area (Å²) in [6.07, 6.45) is 0. The van der Waals surface area contributed by atoms with Gasteiger partial charge in [-0.1, -0.05) is 109 Å². The van der Waals surface area contributed by atoms with Gasteiger partial charge in [0.25, 0.3) is 0 Å². The van der Waals surface area contributed by atoms with E-state index in [-0.39, 0.29) is 0 Å². The number of aromatic nitrogens is 2. The summed E-state index contributed by atoms with van der Waals surface area (Å²) in [5, 5.41) is 34.8. The van der Waals surface area contributed by atoms with Gasteiger partial charge in [0.2, 0.25) is 0 Å². The number of nitrogens with zero attached hydrogens (tertiary/aromatic N) is 4. The number of furan rings is 2. The zero-order valence-corrected chi connectivity index (χ0v) is 30.6. The van der Waals surface area contributed by atoms with Crippen LogP contribution >= 0.6 is 0 Å². The van der Waals surface area contributed by atoms with Crippen LogP contribution in [0.3, 0.4) is 0 Å². The molecule has 4 aromatic heterocycles. The molecule has 4 heterocycles. The molecule has 0 unspecified atom stereocenters. The maximum atomic E-state index is 11.1. The Morgan fingerprint density at radius 3 is 1.22 bits per heavy atom. The lowest BCUT2D eigenvalue weighted by molar-refractivity contribution is 0.671. The zero-order chi connectivity index (χ0) is 38.2. The molecule has 0 aliphatic heterocycles. The fraction of sp³-hybridized carbons (Fsp3) is 0. The van der Waals surface area contributed by atoms with Crippen LogP contribution in [-0.2, 0) is 0 Å². The summed E-state index contributed by atoms with van der Waals surface area (Å²) >= 11 is 0. The molecule has 0 N–H and O–H groups in total. The van der Waals surface area contributed by atoms with Gasteiger partial charge in [-0.15, -0.1) is 0 Å². The van der Waals surface area contributed by atoms with Crippen LogP contribution in [-0.4, -0.2) is 9.13 Å². The van der Waals surface area contributed by atoms with Gasteiger partial charge < -0.3 is 18.0 Å². The molecule has 0 aliphatic rings. The molecule has 0 amide bonds. The molecule has 0 aliphatic carbocycles. The van der Waals surface area contributed by atoms with Gasteiger partial charge in [0.05, 0.1) is 44.6 Å². The van der Waals surface area contributed by atoms with Crippen LogP contribution in [0.2, 0.25) is 0 Å². The van der Waals surface area contributed by atoms with Crippen molar-refractivity contribution in [1.29, 1.82) is 10.5 Å². The molecule has 6 heteroatoms. The fourth-order valence-corrected chi connectivity index (χ4v) is 9.73. The quantitative estimate of drug-likeness (QED) is 0.177. The monoisotopic (exact) mass is 738 g/mol. The molecule has 0 spiro atoms. The van der Waals surface area contributed by atoms with Crippen molar-refractivity contribution < 1.29 is 8.83 Å². The van der Waals surface area contributed by atoms with E-state index < -0.39 is 0 Å². The number of benzene rings is 9. The minimum Gasteiger partial charge on any atom is -0.454 e. The van der Waals surface area contributed by atoms with Crippen molar-refractivity contribution in [2.75, 3.05) is 0 Å². The first-order chi connectivity index (χ1) is 28.7. The second-order valence-corrected chi connectivity index (χ2v) is 15.0. The van der Waals surface area contributed by atoms with Crippen molar-refractivity contribution >= 4 is 109 Å². The van der Waals surface area contributed by atoms with Gasteiger partial charge in [-0.2, -0.15) is 10.5 Å². The van der Waals surface area contributed by atoms with Crippen molar-refractivity contribution in [3.05, 3.63) is 169 Å². The number of hydrogen-bond acceptors (Lipinski definition) is 4. The van der Waals surface area contributed by atoms with Crippen molar-refractivity contribution in [3.63, 3.8) is 0 Å². The van der Waals surface area contributed by atoms with E-state index in [0.717, 1.165) is 109 Å². The Morgan fingerprint density at radius 2 is 0.776 bits per heavy atom. The summed E-state index contributed by atoms with van der Waals surface area (Å²) in [4.78, 5) is 0. The van der Waals surface area contributed by atoms with Gasteiger partial charge in [-0.3, -0.25) is 0 Å². The molecule has 0 saturated carbocycles. The summed E-state index contributed by atoms with van der Waals surface area (Å²) in [5.41, 5.74) is 8.62. The first kappa shape index (κ1) is 30.9. The van der Waals surface area contributed by atoms with Crippen LogP contribution in [0.4, 0.5) is 0 Å². The lowest BCUT2D eigenvalue weighted by atomic mass is 10.0. The molecule has 266 valence electrons. The Balaban J connectivity index is 1.15. The van der Waals surface area contributed by atoms with Gasteiger partial charge >= 0.3 is 0 Å². The summed E-state index contributed by atoms with van der Waals surface area (Å²) < 4.78 is 17.8. The van der Waals surface area contributed by atoms with Crippen LogP contribution in [0.1, 0.15) is 11.1 Å². The normalized spacial score (nSPS) is 12.1. The van der Waals surface area contributed by atoms with Crippen LogP contribution in [0.5, 0.6) is 0 Å². The number of hydrogen-bond donors (Lipinski definition) is 0. The first-order valence-electron chi connectivity index (χ1n) is 19.2. The van der Waals surface area contributed by atoms with Gasteiger partial charge in [-0.25, -0.2) is 0 Å².